The molecule has 4 heteroatoms. The summed E-state index contributed by atoms with van der Waals surface area (Å²) in [5.41, 5.74) is 9.55. The average molecular weight is 328 g/mol. The van der Waals surface area contributed by atoms with Gasteiger partial charge in [-0.05, 0) is 44.5 Å². The van der Waals surface area contributed by atoms with E-state index in [0.29, 0.717) is 0 Å². The maximum absolute atomic E-state index is 4.79. The number of nitrogens with zero attached hydrogens (tertiary/aromatic N) is 2. The molecular weight excluding hydrogens is 308 g/mol. The van der Waals surface area contributed by atoms with Crippen LogP contribution in [0.1, 0.15) is 28.6 Å². The van der Waals surface area contributed by atoms with Crippen LogP contribution in [0.25, 0.3) is 22.2 Å². The molecule has 0 aliphatic carbocycles. The minimum absolute atomic E-state index is 0.0197. The fraction of sp³-hybridized carbons (Fsp3) is 0.190. The molecule has 0 saturated carbocycles. The number of aromatic amines is 1. The van der Waals surface area contributed by atoms with E-state index < -0.39 is 0 Å². The Balaban J connectivity index is 1.77. The summed E-state index contributed by atoms with van der Waals surface area (Å²) in [5, 5.41) is 9.76. The van der Waals surface area contributed by atoms with E-state index in [-0.39, 0.29) is 6.17 Å². The zero-order chi connectivity index (χ0) is 17.1. The molecule has 124 valence electrons. The van der Waals surface area contributed by atoms with Crippen LogP contribution in [0.5, 0.6) is 0 Å². The zero-order valence-corrected chi connectivity index (χ0v) is 14.6. The molecule has 2 aromatic carbocycles. The first-order chi connectivity index (χ1) is 12.1. The number of rotatable bonds is 1. The molecule has 0 spiro atoms. The molecule has 3 heterocycles. The van der Waals surface area contributed by atoms with Crippen molar-refractivity contribution in [2.24, 2.45) is 0 Å². The summed E-state index contributed by atoms with van der Waals surface area (Å²) >= 11 is 0. The van der Waals surface area contributed by atoms with E-state index in [4.69, 9.17) is 5.10 Å². The Labute approximate surface area is 146 Å². The van der Waals surface area contributed by atoms with Crippen molar-refractivity contribution >= 4 is 16.6 Å². The summed E-state index contributed by atoms with van der Waals surface area (Å²) in [5.74, 6) is 0. The second-order valence-electron chi connectivity index (χ2n) is 6.96. The maximum Gasteiger partial charge on any atom is 0.149 e. The lowest BCUT2D eigenvalue weighted by atomic mass is 9.98. The van der Waals surface area contributed by atoms with Gasteiger partial charge in [-0.2, -0.15) is 5.10 Å². The van der Waals surface area contributed by atoms with Crippen molar-refractivity contribution in [2.45, 2.75) is 26.9 Å². The van der Waals surface area contributed by atoms with Gasteiger partial charge in [0.25, 0.3) is 0 Å². The highest BCUT2D eigenvalue weighted by Crippen LogP contribution is 2.42. The first-order valence-corrected chi connectivity index (χ1v) is 8.62. The molecule has 0 amide bonds. The van der Waals surface area contributed by atoms with Crippen LogP contribution in [0.2, 0.25) is 0 Å². The highest BCUT2D eigenvalue weighted by Gasteiger charge is 2.29. The topological polar surface area (TPSA) is 45.6 Å². The summed E-state index contributed by atoms with van der Waals surface area (Å²) in [6.45, 7) is 6.37. The van der Waals surface area contributed by atoms with Crippen molar-refractivity contribution in [3.8, 4) is 11.3 Å². The Kier molecular flexibility index (Phi) is 2.86. The molecule has 0 saturated heterocycles. The first-order valence-electron chi connectivity index (χ1n) is 8.62. The lowest BCUT2D eigenvalue weighted by Gasteiger charge is -2.30. The fourth-order valence-corrected chi connectivity index (χ4v) is 4.00. The van der Waals surface area contributed by atoms with Gasteiger partial charge >= 0.3 is 0 Å². The molecule has 25 heavy (non-hydrogen) atoms. The van der Waals surface area contributed by atoms with E-state index in [1.54, 1.807) is 0 Å². The van der Waals surface area contributed by atoms with Crippen LogP contribution in [0.3, 0.4) is 0 Å². The van der Waals surface area contributed by atoms with Crippen LogP contribution >= 0.6 is 0 Å². The van der Waals surface area contributed by atoms with Crippen LogP contribution in [0.4, 0.5) is 5.69 Å². The summed E-state index contributed by atoms with van der Waals surface area (Å²) in [6, 6.07) is 15.1. The van der Waals surface area contributed by atoms with E-state index >= 15 is 0 Å². The van der Waals surface area contributed by atoms with Gasteiger partial charge in [0.1, 0.15) is 6.17 Å². The van der Waals surface area contributed by atoms with Gasteiger partial charge < -0.3 is 10.3 Å². The molecule has 0 fully saturated rings. The third kappa shape index (κ3) is 2.03. The molecule has 4 nitrogen and oxygen atoms in total. The third-order valence-corrected chi connectivity index (χ3v) is 5.06. The van der Waals surface area contributed by atoms with E-state index in [0.717, 1.165) is 11.2 Å². The Morgan fingerprint density at radius 3 is 2.76 bits per heavy atom. The molecule has 0 bridgehead atoms. The van der Waals surface area contributed by atoms with Gasteiger partial charge in [-0.15, -0.1) is 0 Å². The molecule has 5 rings (SSSR count). The van der Waals surface area contributed by atoms with Crippen LogP contribution in [-0.4, -0.2) is 14.8 Å². The zero-order valence-electron chi connectivity index (χ0n) is 14.6. The van der Waals surface area contributed by atoms with Gasteiger partial charge in [-0.25, -0.2) is 4.68 Å². The summed E-state index contributed by atoms with van der Waals surface area (Å²) in [6.07, 6.45) is 2.08. The summed E-state index contributed by atoms with van der Waals surface area (Å²) in [4.78, 5) is 3.39. The minimum atomic E-state index is -0.0197. The highest BCUT2D eigenvalue weighted by molar-refractivity contribution is 5.86. The van der Waals surface area contributed by atoms with Crippen molar-refractivity contribution in [3.05, 3.63) is 71.0 Å². The number of H-pyrrole nitrogens is 1. The smallest absolute Gasteiger partial charge is 0.149 e. The van der Waals surface area contributed by atoms with Gasteiger partial charge in [-0.1, -0.05) is 29.8 Å². The normalized spacial score (nSPS) is 15.7. The van der Waals surface area contributed by atoms with Crippen molar-refractivity contribution in [1.82, 2.24) is 14.8 Å². The molecule has 2 N–H and O–H groups in total. The van der Waals surface area contributed by atoms with Gasteiger partial charge in [0, 0.05) is 33.9 Å². The van der Waals surface area contributed by atoms with Crippen molar-refractivity contribution in [1.29, 1.82) is 0 Å². The summed E-state index contributed by atoms with van der Waals surface area (Å²) in [7, 11) is 0. The lowest BCUT2D eigenvalue weighted by molar-refractivity contribution is 0.574. The first kappa shape index (κ1) is 14.3. The molecule has 1 aliphatic heterocycles. The molecule has 2 aromatic heterocycles. The highest BCUT2D eigenvalue weighted by atomic mass is 15.4. The Morgan fingerprint density at radius 1 is 1.04 bits per heavy atom. The fourth-order valence-electron chi connectivity index (χ4n) is 4.00. The number of aromatic nitrogens is 3. The number of fused-ring (bicyclic) bond motifs is 4. The Morgan fingerprint density at radius 2 is 1.88 bits per heavy atom. The molecule has 4 aromatic rings. The van der Waals surface area contributed by atoms with E-state index in [2.05, 4.69) is 84.4 Å². The number of aryl methyl sites for hydroxylation is 3. The van der Waals surface area contributed by atoms with E-state index in [9.17, 15) is 0 Å². The number of hydrogen-bond donors (Lipinski definition) is 2. The minimum Gasteiger partial charge on any atom is -0.361 e. The van der Waals surface area contributed by atoms with Crippen LogP contribution in [0, 0.1) is 20.8 Å². The summed E-state index contributed by atoms with van der Waals surface area (Å²) < 4.78 is 2.12. The van der Waals surface area contributed by atoms with Crippen LogP contribution < -0.4 is 5.32 Å². The number of nitrogens with one attached hydrogen (secondary N) is 2. The Bertz CT molecular complexity index is 1120. The molecule has 0 unspecified atom stereocenters. The van der Waals surface area contributed by atoms with Gasteiger partial charge in [-0.3, -0.25) is 0 Å². The van der Waals surface area contributed by atoms with Gasteiger partial charge in [0.05, 0.1) is 11.4 Å². The largest absolute Gasteiger partial charge is 0.361 e. The van der Waals surface area contributed by atoms with Crippen molar-refractivity contribution in [3.63, 3.8) is 0 Å². The van der Waals surface area contributed by atoms with Gasteiger partial charge in [0.2, 0.25) is 0 Å². The monoisotopic (exact) mass is 328 g/mol. The van der Waals surface area contributed by atoms with Gasteiger partial charge in [0.15, 0.2) is 0 Å². The predicted molar refractivity (Wildman–Crippen MR) is 102 cm³/mol. The lowest BCUT2D eigenvalue weighted by Crippen LogP contribution is -2.26. The third-order valence-electron chi connectivity index (χ3n) is 5.06. The quantitative estimate of drug-likeness (QED) is 0.520. The van der Waals surface area contributed by atoms with E-state index in [1.807, 2.05) is 0 Å². The number of para-hydroxylation sites is 1. The SMILES string of the molecule is Cc1cc(C)c2c(c1)-c1cc(C)nn1[C@@H](c1c[nH]c3ccccc13)N2. The number of anilines is 1. The number of hydrogen-bond acceptors (Lipinski definition) is 2. The second kappa shape index (κ2) is 4.99. The van der Waals surface area contributed by atoms with Crippen LogP contribution in [-0.2, 0) is 0 Å². The van der Waals surface area contributed by atoms with E-state index in [1.165, 1.54) is 39.0 Å². The second-order valence-corrected chi connectivity index (χ2v) is 6.96. The average Bonchev–Trinajstić information content (AvgIpc) is 3.18. The molecule has 1 atom stereocenters. The standard InChI is InChI=1S/C21H20N4/c1-12-8-13(2)20-16(9-12)19-10-14(3)24-25(19)21(23-20)17-11-22-18-7-5-4-6-15(17)18/h4-11,21-23H,1-3H3/t21-/m0/s1. The predicted octanol–water partition coefficient (Wildman–Crippen LogP) is 4.93. The van der Waals surface area contributed by atoms with Crippen LogP contribution in [0.15, 0.2) is 48.7 Å². The van der Waals surface area contributed by atoms with Crippen molar-refractivity contribution in [2.75, 3.05) is 5.32 Å². The molecule has 0 radical (unpaired) electrons. The number of benzene rings is 2. The van der Waals surface area contributed by atoms with Crippen molar-refractivity contribution < 1.29 is 0 Å². The Hall–Kier alpha value is -3.01. The molecular formula is C21H20N4. The maximum atomic E-state index is 4.79. The molecule has 1 aliphatic rings.